The van der Waals surface area contributed by atoms with Crippen LogP contribution >= 0.6 is 0 Å². The van der Waals surface area contributed by atoms with Crippen molar-refractivity contribution in [3.63, 3.8) is 0 Å². The highest BCUT2D eigenvalue weighted by atomic mass is 19.4. The van der Waals surface area contributed by atoms with Crippen molar-refractivity contribution in [1.82, 2.24) is 4.90 Å². The molecular formula is C12H15F3N2O2. The second-order valence-electron chi connectivity index (χ2n) is 4.60. The number of carbonyl (C=O) groups excluding carboxylic acids is 1. The average Bonchev–Trinajstić information content (AvgIpc) is 2.86. The number of nitrogens with two attached hydrogens (primary N) is 1. The molecule has 7 heteroatoms. The molecule has 2 rings (SSSR count). The number of alkyl halides is 3. The Kier molecular flexibility index (Phi) is 3.84. The van der Waals surface area contributed by atoms with Gasteiger partial charge < -0.3 is 15.1 Å². The first-order valence-corrected chi connectivity index (χ1v) is 6.06. The zero-order valence-corrected chi connectivity index (χ0v) is 10.2. The van der Waals surface area contributed by atoms with E-state index in [1.165, 1.54) is 11.0 Å². The van der Waals surface area contributed by atoms with Crippen LogP contribution in [0.5, 0.6) is 0 Å². The maximum atomic E-state index is 12.7. The monoisotopic (exact) mass is 276 g/mol. The predicted octanol–water partition coefficient (Wildman–Crippen LogP) is 2.15. The summed E-state index contributed by atoms with van der Waals surface area (Å²) in [7, 11) is 0. The summed E-state index contributed by atoms with van der Waals surface area (Å²) in [6.07, 6.45) is -3.84. The van der Waals surface area contributed by atoms with Gasteiger partial charge in [-0.15, -0.1) is 0 Å². The van der Waals surface area contributed by atoms with Crippen molar-refractivity contribution in [3.8, 4) is 0 Å². The second kappa shape index (κ2) is 5.24. The van der Waals surface area contributed by atoms with E-state index in [4.69, 9.17) is 10.2 Å². The first kappa shape index (κ1) is 13.9. The number of halogens is 3. The summed E-state index contributed by atoms with van der Waals surface area (Å²) < 4.78 is 43.2. The molecule has 106 valence electrons. The molecule has 1 aromatic rings. The van der Waals surface area contributed by atoms with Crippen LogP contribution in [0.15, 0.2) is 16.5 Å². The maximum absolute atomic E-state index is 12.7. The smallest absolute Gasteiger partial charge is 0.393 e. The molecular weight excluding hydrogens is 261 g/mol. The van der Waals surface area contributed by atoms with Gasteiger partial charge in [-0.25, -0.2) is 0 Å². The van der Waals surface area contributed by atoms with Crippen LogP contribution in [0.1, 0.15) is 29.2 Å². The van der Waals surface area contributed by atoms with E-state index in [2.05, 4.69) is 0 Å². The number of rotatable bonds is 2. The standard InChI is InChI=1S/C12H15F3N2O2/c13-12(14,15)8-2-1-5-17(7-8)11(18)10-4-3-9(6-16)19-10/h3-4,8H,1-2,5-7,16H2. The van der Waals surface area contributed by atoms with Crippen molar-refractivity contribution in [2.24, 2.45) is 11.7 Å². The molecule has 0 spiro atoms. The molecule has 1 fully saturated rings. The van der Waals surface area contributed by atoms with Crippen molar-refractivity contribution in [3.05, 3.63) is 23.7 Å². The van der Waals surface area contributed by atoms with Gasteiger partial charge >= 0.3 is 6.18 Å². The van der Waals surface area contributed by atoms with Crippen LogP contribution in [0.3, 0.4) is 0 Å². The lowest BCUT2D eigenvalue weighted by molar-refractivity contribution is -0.184. The topological polar surface area (TPSA) is 59.5 Å². The quantitative estimate of drug-likeness (QED) is 0.900. The van der Waals surface area contributed by atoms with Gasteiger partial charge in [0.1, 0.15) is 5.76 Å². The molecule has 2 heterocycles. The van der Waals surface area contributed by atoms with Crippen molar-refractivity contribution in [2.75, 3.05) is 13.1 Å². The van der Waals surface area contributed by atoms with Crippen molar-refractivity contribution in [2.45, 2.75) is 25.6 Å². The lowest BCUT2D eigenvalue weighted by Crippen LogP contribution is -2.44. The van der Waals surface area contributed by atoms with Gasteiger partial charge in [0, 0.05) is 13.1 Å². The molecule has 1 atom stereocenters. The number of carbonyl (C=O) groups is 1. The van der Waals surface area contributed by atoms with Crippen LogP contribution in [0.25, 0.3) is 0 Å². The summed E-state index contributed by atoms with van der Waals surface area (Å²) >= 11 is 0. The van der Waals surface area contributed by atoms with Crippen LogP contribution in [-0.2, 0) is 6.54 Å². The van der Waals surface area contributed by atoms with E-state index in [1.807, 2.05) is 0 Å². The highest BCUT2D eigenvalue weighted by molar-refractivity contribution is 5.91. The van der Waals surface area contributed by atoms with Gasteiger partial charge in [-0.2, -0.15) is 13.2 Å². The normalized spacial score (nSPS) is 20.6. The molecule has 1 aromatic heterocycles. The average molecular weight is 276 g/mol. The van der Waals surface area contributed by atoms with E-state index in [0.717, 1.165) is 0 Å². The highest BCUT2D eigenvalue weighted by Gasteiger charge is 2.43. The molecule has 1 aliphatic heterocycles. The van der Waals surface area contributed by atoms with E-state index in [9.17, 15) is 18.0 Å². The molecule has 0 saturated carbocycles. The largest absolute Gasteiger partial charge is 0.455 e. The molecule has 4 nitrogen and oxygen atoms in total. The second-order valence-corrected chi connectivity index (χ2v) is 4.60. The van der Waals surface area contributed by atoms with Crippen LogP contribution < -0.4 is 5.73 Å². The van der Waals surface area contributed by atoms with E-state index in [-0.39, 0.29) is 25.3 Å². The van der Waals surface area contributed by atoms with E-state index >= 15 is 0 Å². The third-order valence-corrected chi connectivity index (χ3v) is 3.25. The van der Waals surface area contributed by atoms with Crippen molar-refractivity contribution >= 4 is 5.91 Å². The Labute approximate surface area is 108 Å². The van der Waals surface area contributed by atoms with E-state index < -0.39 is 18.0 Å². The maximum Gasteiger partial charge on any atom is 0.393 e. The van der Waals surface area contributed by atoms with E-state index in [0.29, 0.717) is 18.7 Å². The van der Waals surface area contributed by atoms with Crippen molar-refractivity contribution in [1.29, 1.82) is 0 Å². The summed E-state index contributed by atoms with van der Waals surface area (Å²) in [6.45, 7) is 0.170. The molecule has 0 aromatic carbocycles. The summed E-state index contributed by atoms with van der Waals surface area (Å²) in [4.78, 5) is 13.2. The Morgan fingerprint density at radius 1 is 1.47 bits per heavy atom. The molecule has 1 unspecified atom stereocenters. The number of likely N-dealkylation sites (tertiary alicyclic amines) is 1. The zero-order valence-electron chi connectivity index (χ0n) is 10.2. The van der Waals surface area contributed by atoms with Crippen LogP contribution in [0, 0.1) is 5.92 Å². The molecule has 2 N–H and O–H groups in total. The molecule has 1 amide bonds. The molecule has 0 bridgehead atoms. The van der Waals surface area contributed by atoms with Crippen molar-refractivity contribution < 1.29 is 22.4 Å². The Bertz CT molecular complexity index is 456. The summed E-state index contributed by atoms with van der Waals surface area (Å²) in [6, 6.07) is 3.00. The van der Waals surface area contributed by atoms with Crippen LogP contribution in [0.4, 0.5) is 13.2 Å². The lowest BCUT2D eigenvalue weighted by atomic mass is 9.97. The minimum absolute atomic E-state index is 0.0447. The number of amides is 1. The number of furan rings is 1. The van der Waals surface area contributed by atoms with Gasteiger partial charge in [0.25, 0.3) is 5.91 Å². The lowest BCUT2D eigenvalue weighted by Gasteiger charge is -2.33. The highest BCUT2D eigenvalue weighted by Crippen LogP contribution is 2.33. The van der Waals surface area contributed by atoms with Crippen LogP contribution in [-0.4, -0.2) is 30.1 Å². The van der Waals surface area contributed by atoms with Gasteiger partial charge in [0.15, 0.2) is 5.76 Å². The minimum Gasteiger partial charge on any atom is -0.455 e. The number of hydrogen-bond donors (Lipinski definition) is 1. The Balaban J connectivity index is 2.07. The number of hydrogen-bond acceptors (Lipinski definition) is 3. The van der Waals surface area contributed by atoms with Gasteiger partial charge in [-0.1, -0.05) is 0 Å². The van der Waals surface area contributed by atoms with Gasteiger partial charge in [-0.3, -0.25) is 4.79 Å². The number of nitrogens with zero attached hydrogens (tertiary/aromatic N) is 1. The molecule has 0 aliphatic carbocycles. The Morgan fingerprint density at radius 2 is 2.21 bits per heavy atom. The number of piperidine rings is 1. The predicted molar refractivity (Wildman–Crippen MR) is 61.3 cm³/mol. The molecule has 1 saturated heterocycles. The fraction of sp³-hybridized carbons (Fsp3) is 0.583. The SMILES string of the molecule is NCc1ccc(C(=O)N2CCCC(C(F)(F)F)C2)o1. The third-order valence-electron chi connectivity index (χ3n) is 3.25. The molecule has 0 radical (unpaired) electrons. The Morgan fingerprint density at radius 3 is 2.79 bits per heavy atom. The minimum atomic E-state index is -4.26. The zero-order chi connectivity index (χ0) is 14.0. The first-order chi connectivity index (χ1) is 8.91. The first-order valence-electron chi connectivity index (χ1n) is 6.06. The summed E-state index contributed by atoms with van der Waals surface area (Å²) in [5, 5.41) is 0. The van der Waals surface area contributed by atoms with E-state index in [1.54, 1.807) is 6.07 Å². The van der Waals surface area contributed by atoms with Crippen LogP contribution in [0.2, 0.25) is 0 Å². The third kappa shape index (κ3) is 3.09. The van der Waals surface area contributed by atoms with Gasteiger partial charge in [0.05, 0.1) is 12.5 Å². The summed E-state index contributed by atoms with van der Waals surface area (Å²) in [5.74, 6) is -1.47. The molecule has 19 heavy (non-hydrogen) atoms. The van der Waals surface area contributed by atoms with Gasteiger partial charge in [0.2, 0.25) is 0 Å². The summed E-state index contributed by atoms with van der Waals surface area (Å²) in [5.41, 5.74) is 5.35. The Hall–Kier alpha value is -1.50. The fourth-order valence-electron chi connectivity index (χ4n) is 2.19. The van der Waals surface area contributed by atoms with Gasteiger partial charge in [-0.05, 0) is 25.0 Å². The molecule has 1 aliphatic rings. The fourth-order valence-corrected chi connectivity index (χ4v) is 2.19.